The van der Waals surface area contributed by atoms with Crippen LogP contribution in [0.4, 0.5) is 0 Å². The van der Waals surface area contributed by atoms with Crippen LogP contribution in [0.1, 0.15) is 49.1 Å². The van der Waals surface area contributed by atoms with Crippen LogP contribution in [-0.2, 0) is 9.53 Å². The molecule has 0 bridgehead atoms. The molecule has 5 nitrogen and oxygen atoms in total. The number of aryl methyl sites for hydroxylation is 2. The van der Waals surface area contributed by atoms with Crippen molar-refractivity contribution in [3.63, 3.8) is 0 Å². The lowest BCUT2D eigenvalue weighted by molar-refractivity contribution is -0.149. The zero-order valence-corrected chi connectivity index (χ0v) is 12.9. The first-order valence-corrected chi connectivity index (χ1v) is 7.45. The maximum absolute atomic E-state index is 12.1. The number of hydrogen-bond donors (Lipinski definition) is 1. The Bertz CT molecular complexity index is 702. The number of H-pyrrole nitrogens is 1. The number of ether oxygens (including phenoxy) is 1. The summed E-state index contributed by atoms with van der Waals surface area (Å²) in [5, 5.41) is 0.628. The first-order chi connectivity index (χ1) is 9.43. The average molecular weight is 294 g/mol. The summed E-state index contributed by atoms with van der Waals surface area (Å²) >= 11 is 1.48. The molecule has 2 heterocycles. The van der Waals surface area contributed by atoms with Crippen LogP contribution in [0.5, 0.6) is 0 Å². The highest BCUT2D eigenvalue weighted by molar-refractivity contribution is 7.18. The van der Waals surface area contributed by atoms with Crippen molar-refractivity contribution in [1.29, 1.82) is 0 Å². The molecular formula is C14H18N2O3S. The summed E-state index contributed by atoms with van der Waals surface area (Å²) in [6, 6.07) is 0. The van der Waals surface area contributed by atoms with Crippen molar-refractivity contribution in [2.24, 2.45) is 0 Å². The van der Waals surface area contributed by atoms with Gasteiger partial charge in [0.1, 0.15) is 4.83 Å². The van der Waals surface area contributed by atoms with E-state index in [2.05, 4.69) is 9.97 Å². The number of rotatable bonds is 4. The molecular weight excluding hydrogens is 276 g/mol. The standard InChI is InChI=1S/C14H18N2O3S/c1-5-6-10(17)19-8(3)12-15-13(18)11-7(2)9(4)20-14(11)16-12/h8H,5-6H2,1-4H3,(H,15,16,18)/t8-/m0/s1. The normalized spacial score (nSPS) is 12.6. The molecule has 6 heteroatoms. The summed E-state index contributed by atoms with van der Waals surface area (Å²) in [6.07, 6.45) is 0.556. The second-order valence-electron chi connectivity index (χ2n) is 4.80. The highest BCUT2D eigenvalue weighted by Crippen LogP contribution is 2.26. The highest BCUT2D eigenvalue weighted by atomic mass is 32.1. The van der Waals surface area contributed by atoms with Crippen LogP contribution in [0.3, 0.4) is 0 Å². The first kappa shape index (κ1) is 14.7. The summed E-state index contributed by atoms with van der Waals surface area (Å²) in [5.74, 6) is 0.120. The Hall–Kier alpha value is -1.69. The Kier molecular flexibility index (Phi) is 4.23. The van der Waals surface area contributed by atoms with Crippen molar-refractivity contribution in [3.05, 3.63) is 26.6 Å². The predicted molar refractivity (Wildman–Crippen MR) is 79.1 cm³/mol. The monoisotopic (exact) mass is 294 g/mol. The van der Waals surface area contributed by atoms with E-state index in [4.69, 9.17) is 4.74 Å². The number of thiophene rings is 1. The second kappa shape index (κ2) is 5.75. The number of hydrogen-bond acceptors (Lipinski definition) is 5. The molecule has 0 unspecified atom stereocenters. The van der Waals surface area contributed by atoms with Crippen LogP contribution in [0, 0.1) is 13.8 Å². The third-order valence-corrected chi connectivity index (χ3v) is 4.31. The van der Waals surface area contributed by atoms with Crippen LogP contribution in [0.25, 0.3) is 10.2 Å². The average Bonchev–Trinajstić information content (AvgIpc) is 2.65. The Balaban J connectivity index is 2.36. The van der Waals surface area contributed by atoms with Gasteiger partial charge >= 0.3 is 5.97 Å². The lowest BCUT2D eigenvalue weighted by Gasteiger charge is -2.12. The minimum absolute atomic E-state index is 0.176. The molecule has 2 rings (SSSR count). The SMILES string of the molecule is CCCC(=O)O[C@@H](C)c1nc2sc(C)c(C)c2c(=O)[nH]1. The third kappa shape index (κ3) is 2.75. The van der Waals surface area contributed by atoms with E-state index in [9.17, 15) is 9.59 Å². The molecule has 0 aliphatic carbocycles. The molecule has 2 aromatic rings. The largest absolute Gasteiger partial charge is 0.454 e. The van der Waals surface area contributed by atoms with E-state index >= 15 is 0 Å². The zero-order chi connectivity index (χ0) is 14.9. The molecule has 2 aromatic heterocycles. The number of aromatic amines is 1. The van der Waals surface area contributed by atoms with Crippen LogP contribution in [-0.4, -0.2) is 15.9 Å². The second-order valence-corrected chi connectivity index (χ2v) is 6.00. The molecule has 0 saturated carbocycles. The topological polar surface area (TPSA) is 72.0 Å². The van der Waals surface area contributed by atoms with Crippen molar-refractivity contribution in [1.82, 2.24) is 9.97 Å². The van der Waals surface area contributed by atoms with Gasteiger partial charge in [-0.2, -0.15) is 0 Å². The fourth-order valence-electron chi connectivity index (χ4n) is 1.98. The number of aromatic nitrogens is 2. The number of fused-ring (bicyclic) bond motifs is 1. The molecule has 0 radical (unpaired) electrons. The Labute approximate surface area is 121 Å². The lowest BCUT2D eigenvalue weighted by Crippen LogP contribution is -2.17. The van der Waals surface area contributed by atoms with E-state index < -0.39 is 6.10 Å². The summed E-state index contributed by atoms with van der Waals surface area (Å²) in [4.78, 5) is 32.5. The van der Waals surface area contributed by atoms with Gasteiger partial charge in [-0.3, -0.25) is 9.59 Å². The van der Waals surface area contributed by atoms with E-state index in [-0.39, 0.29) is 11.5 Å². The van der Waals surface area contributed by atoms with Crippen LogP contribution in [0.15, 0.2) is 4.79 Å². The smallest absolute Gasteiger partial charge is 0.306 e. The fraction of sp³-hybridized carbons (Fsp3) is 0.500. The minimum Gasteiger partial charge on any atom is -0.454 e. The maximum atomic E-state index is 12.1. The van der Waals surface area contributed by atoms with E-state index in [1.165, 1.54) is 11.3 Å². The van der Waals surface area contributed by atoms with E-state index in [1.54, 1.807) is 6.92 Å². The Morgan fingerprint density at radius 1 is 1.45 bits per heavy atom. The molecule has 0 fully saturated rings. The van der Waals surface area contributed by atoms with Gasteiger partial charge in [-0.15, -0.1) is 11.3 Å². The lowest BCUT2D eigenvalue weighted by atomic mass is 10.2. The first-order valence-electron chi connectivity index (χ1n) is 6.63. The molecule has 20 heavy (non-hydrogen) atoms. The van der Waals surface area contributed by atoms with Gasteiger partial charge in [0.25, 0.3) is 5.56 Å². The number of carbonyl (C=O) groups is 1. The third-order valence-electron chi connectivity index (χ3n) is 3.20. The quantitative estimate of drug-likeness (QED) is 0.880. The van der Waals surface area contributed by atoms with Gasteiger partial charge in [0, 0.05) is 11.3 Å². The van der Waals surface area contributed by atoms with E-state index in [1.807, 2.05) is 20.8 Å². The van der Waals surface area contributed by atoms with Crippen LogP contribution < -0.4 is 5.56 Å². The van der Waals surface area contributed by atoms with Crippen molar-refractivity contribution in [3.8, 4) is 0 Å². The zero-order valence-electron chi connectivity index (χ0n) is 12.1. The molecule has 1 atom stereocenters. The van der Waals surface area contributed by atoms with Gasteiger partial charge in [-0.1, -0.05) is 6.92 Å². The molecule has 0 aliphatic heterocycles. The summed E-state index contributed by atoms with van der Waals surface area (Å²) in [7, 11) is 0. The summed E-state index contributed by atoms with van der Waals surface area (Å²) < 4.78 is 5.25. The Morgan fingerprint density at radius 3 is 2.80 bits per heavy atom. The van der Waals surface area contributed by atoms with E-state index in [0.717, 1.165) is 16.9 Å². The van der Waals surface area contributed by atoms with Crippen molar-refractivity contribution >= 4 is 27.5 Å². The van der Waals surface area contributed by atoms with Gasteiger partial charge in [-0.25, -0.2) is 4.98 Å². The summed E-state index contributed by atoms with van der Waals surface area (Å²) in [6.45, 7) is 7.50. The van der Waals surface area contributed by atoms with Crippen LogP contribution in [0.2, 0.25) is 0 Å². The fourth-order valence-corrected chi connectivity index (χ4v) is 3.02. The number of carbonyl (C=O) groups excluding carboxylic acids is 1. The molecule has 0 aliphatic rings. The van der Waals surface area contributed by atoms with Gasteiger partial charge in [-0.05, 0) is 32.8 Å². The van der Waals surface area contributed by atoms with Crippen molar-refractivity contribution in [2.75, 3.05) is 0 Å². The van der Waals surface area contributed by atoms with Gasteiger partial charge in [0.05, 0.1) is 5.39 Å². The molecule has 0 spiro atoms. The molecule has 0 amide bonds. The van der Waals surface area contributed by atoms with Crippen LogP contribution >= 0.6 is 11.3 Å². The van der Waals surface area contributed by atoms with Crippen molar-refractivity contribution in [2.45, 2.75) is 46.6 Å². The van der Waals surface area contributed by atoms with Gasteiger partial charge in [0.2, 0.25) is 0 Å². The molecule has 1 N–H and O–H groups in total. The Morgan fingerprint density at radius 2 is 2.15 bits per heavy atom. The number of esters is 1. The maximum Gasteiger partial charge on any atom is 0.306 e. The summed E-state index contributed by atoms with van der Waals surface area (Å²) in [5.41, 5.74) is 0.783. The molecule has 0 aromatic carbocycles. The molecule has 0 saturated heterocycles. The van der Waals surface area contributed by atoms with Crippen molar-refractivity contribution < 1.29 is 9.53 Å². The highest BCUT2D eigenvalue weighted by Gasteiger charge is 2.17. The number of nitrogens with one attached hydrogen (secondary N) is 1. The minimum atomic E-state index is -0.547. The van der Waals surface area contributed by atoms with Gasteiger partial charge in [0.15, 0.2) is 11.9 Å². The van der Waals surface area contributed by atoms with Gasteiger partial charge < -0.3 is 9.72 Å². The number of nitrogens with zero attached hydrogens (tertiary/aromatic N) is 1. The van der Waals surface area contributed by atoms with E-state index in [0.29, 0.717) is 22.5 Å². The predicted octanol–water partition coefficient (Wildman–Crippen LogP) is 3.01. The molecule has 108 valence electrons.